The standard InChI is InChI=1S/C33H40Cl2FN5O3/c1-40(22-5-2-3-11-43-18-22)10-4-12-44-33-38-31-25(32(39-33)41-16-20-8-9-21(17-41)37-20)15-27(35)29(30(31)36)24-13-23(42)14-26(34)28(24)19-6-7-19/h13-15,19-22,37,42H,2-12,16-18H2,1H3. The summed E-state index contributed by atoms with van der Waals surface area (Å²) in [6, 6.07) is 6.12. The molecule has 8 nitrogen and oxygen atoms in total. The van der Waals surface area contributed by atoms with E-state index in [1.165, 1.54) is 12.5 Å². The highest BCUT2D eigenvalue weighted by molar-refractivity contribution is 6.35. The van der Waals surface area contributed by atoms with Crippen molar-refractivity contribution in [3.8, 4) is 22.9 Å². The second kappa shape index (κ2) is 12.8. The van der Waals surface area contributed by atoms with Crippen LogP contribution in [0.4, 0.5) is 10.2 Å². The molecule has 4 fully saturated rings. The summed E-state index contributed by atoms with van der Waals surface area (Å²) in [5.41, 5.74) is 1.68. The van der Waals surface area contributed by atoms with Gasteiger partial charge in [-0.3, -0.25) is 0 Å². The number of phenols is 1. The number of aromatic nitrogens is 2. The molecule has 3 saturated heterocycles. The number of anilines is 1. The van der Waals surface area contributed by atoms with E-state index in [2.05, 4.69) is 27.1 Å². The van der Waals surface area contributed by atoms with Gasteiger partial charge in [-0.25, -0.2) is 4.39 Å². The smallest absolute Gasteiger partial charge is 0.319 e. The molecule has 4 heterocycles. The number of piperazine rings is 1. The maximum atomic E-state index is 16.8. The number of nitrogens with one attached hydrogen (secondary N) is 1. The molecule has 0 spiro atoms. The van der Waals surface area contributed by atoms with Crippen LogP contribution in [0.1, 0.15) is 62.8 Å². The number of aromatic hydroxyl groups is 1. The fraction of sp³-hybridized carbons (Fsp3) is 0.576. The van der Waals surface area contributed by atoms with E-state index in [1.807, 2.05) is 0 Å². The summed E-state index contributed by atoms with van der Waals surface area (Å²) < 4.78 is 28.7. The Balaban J connectivity index is 1.22. The van der Waals surface area contributed by atoms with Crippen LogP contribution in [0.25, 0.3) is 22.0 Å². The van der Waals surface area contributed by atoms with Gasteiger partial charge in [0.05, 0.1) is 18.2 Å². The van der Waals surface area contributed by atoms with Crippen molar-refractivity contribution >= 4 is 39.9 Å². The Morgan fingerprint density at radius 2 is 1.86 bits per heavy atom. The molecular weight excluding hydrogens is 604 g/mol. The third-order valence-corrected chi connectivity index (χ3v) is 10.2. The molecule has 0 amide bonds. The van der Waals surface area contributed by atoms with E-state index in [1.54, 1.807) is 12.1 Å². The molecule has 11 heteroatoms. The van der Waals surface area contributed by atoms with Gasteiger partial charge in [0.1, 0.15) is 17.1 Å². The molecule has 1 saturated carbocycles. The predicted molar refractivity (Wildman–Crippen MR) is 172 cm³/mol. The average Bonchev–Trinajstić information content (AvgIpc) is 3.81. The van der Waals surface area contributed by atoms with Crippen molar-refractivity contribution in [2.45, 2.75) is 75.4 Å². The zero-order chi connectivity index (χ0) is 30.4. The lowest BCUT2D eigenvalue weighted by Gasteiger charge is -2.34. The number of hydrogen-bond acceptors (Lipinski definition) is 8. The van der Waals surface area contributed by atoms with Crippen molar-refractivity contribution in [1.82, 2.24) is 20.2 Å². The lowest BCUT2D eigenvalue weighted by molar-refractivity contribution is 0.0825. The van der Waals surface area contributed by atoms with Crippen molar-refractivity contribution in [3.05, 3.63) is 39.6 Å². The maximum absolute atomic E-state index is 16.8. The van der Waals surface area contributed by atoms with Crippen molar-refractivity contribution in [2.24, 2.45) is 0 Å². The molecule has 1 aromatic heterocycles. The fourth-order valence-corrected chi connectivity index (χ4v) is 7.84. The van der Waals surface area contributed by atoms with Crippen LogP contribution >= 0.6 is 23.2 Å². The summed E-state index contributed by atoms with van der Waals surface area (Å²) in [4.78, 5) is 14.0. The van der Waals surface area contributed by atoms with E-state index in [9.17, 15) is 5.11 Å². The number of hydrogen-bond donors (Lipinski definition) is 2. The van der Waals surface area contributed by atoms with E-state index in [4.69, 9.17) is 37.7 Å². The van der Waals surface area contributed by atoms with Gasteiger partial charge in [-0.05, 0) is 93.7 Å². The van der Waals surface area contributed by atoms with Gasteiger partial charge in [0, 0.05) is 60.3 Å². The van der Waals surface area contributed by atoms with Crippen molar-refractivity contribution < 1.29 is 19.0 Å². The topological polar surface area (TPSA) is 83.0 Å². The Kier molecular flexibility index (Phi) is 8.77. The lowest BCUT2D eigenvalue weighted by atomic mass is 9.94. The van der Waals surface area contributed by atoms with Crippen LogP contribution < -0.4 is 15.0 Å². The predicted octanol–water partition coefficient (Wildman–Crippen LogP) is 6.54. The van der Waals surface area contributed by atoms with Gasteiger partial charge in [-0.15, -0.1) is 0 Å². The normalized spacial score (nSPS) is 23.8. The first-order valence-electron chi connectivity index (χ1n) is 16.0. The summed E-state index contributed by atoms with van der Waals surface area (Å²) in [5.74, 6) is 0.257. The van der Waals surface area contributed by atoms with Gasteiger partial charge in [0.2, 0.25) is 0 Å². The second-order valence-corrected chi connectivity index (χ2v) is 13.7. The van der Waals surface area contributed by atoms with Crippen molar-refractivity contribution in [1.29, 1.82) is 0 Å². The third kappa shape index (κ3) is 6.18. The number of benzene rings is 2. The SMILES string of the molecule is CN(CCCOc1nc(N2CC3CCC(C2)N3)c2cc(Cl)c(-c3cc(O)cc(Cl)c3C3CC3)c(F)c2n1)C1CCCCOC1. The number of halogens is 3. The Hall–Kier alpha value is -2.43. The minimum Gasteiger partial charge on any atom is -0.508 e. The van der Waals surface area contributed by atoms with Crippen molar-refractivity contribution in [3.63, 3.8) is 0 Å². The van der Waals surface area contributed by atoms with Crippen molar-refractivity contribution in [2.75, 3.05) is 51.4 Å². The number of nitrogens with zero attached hydrogens (tertiary/aromatic N) is 4. The van der Waals surface area contributed by atoms with Crippen LogP contribution in [0.15, 0.2) is 18.2 Å². The van der Waals surface area contributed by atoms with E-state index in [0.29, 0.717) is 46.5 Å². The van der Waals surface area contributed by atoms with Gasteiger partial charge in [0.25, 0.3) is 0 Å². The lowest BCUT2D eigenvalue weighted by Crippen LogP contribution is -2.51. The van der Waals surface area contributed by atoms with Gasteiger partial charge >= 0.3 is 6.01 Å². The number of fused-ring (bicyclic) bond motifs is 3. The zero-order valence-corrected chi connectivity index (χ0v) is 26.6. The van der Waals surface area contributed by atoms with Crippen LogP contribution in [0.5, 0.6) is 11.8 Å². The highest BCUT2D eigenvalue weighted by Gasteiger charge is 2.35. The molecule has 2 N–H and O–H groups in total. The number of rotatable bonds is 9. The monoisotopic (exact) mass is 643 g/mol. The Bertz CT molecular complexity index is 1520. The molecular formula is C33H40Cl2FN5O3. The molecule has 3 atom stereocenters. The summed E-state index contributed by atoms with van der Waals surface area (Å²) in [5, 5.41) is 15.3. The summed E-state index contributed by atoms with van der Waals surface area (Å²) in [7, 11) is 2.13. The first-order valence-corrected chi connectivity index (χ1v) is 16.8. The van der Waals surface area contributed by atoms with Crippen LogP contribution in [0, 0.1) is 5.82 Å². The Morgan fingerprint density at radius 3 is 2.64 bits per heavy atom. The Morgan fingerprint density at radius 1 is 1.07 bits per heavy atom. The molecule has 44 heavy (non-hydrogen) atoms. The van der Waals surface area contributed by atoms with Gasteiger partial charge < -0.3 is 29.7 Å². The molecule has 2 bridgehead atoms. The molecule has 3 aliphatic heterocycles. The highest BCUT2D eigenvalue weighted by Crippen LogP contribution is 2.51. The van der Waals surface area contributed by atoms with Crippen LogP contribution in [0.2, 0.25) is 10.0 Å². The third-order valence-electron chi connectivity index (χ3n) is 9.62. The first-order chi connectivity index (χ1) is 21.4. The average molecular weight is 645 g/mol. The van der Waals surface area contributed by atoms with E-state index in [0.717, 1.165) is 83.4 Å². The van der Waals surface area contributed by atoms with Crippen LogP contribution in [-0.4, -0.2) is 84.6 Å². The second-order valence-electron chi connectivity index (χ2n) is 12.9. The molecule has 3 unspecified atom stereocenters. The highest BCUT2D eigenvalue weighted by atomic mass is 35.5. The Labute approximate surface area is 267 Å². The maximum Gasteiger partial charge on any atom is 0.319 e. The fourth-order valence-electron chi connectivity index (χ4n) is 7.17. The number of ether oxygens (including phenoxy) is 2. The first kappa shape index (κ1) is 30.2. The molecule has 1 aliphatic carbocycles. The van der Waals surface area contributed by atoms with E-state index in [-0.39, 0.29) is 33.8 Å². The molecule has 0 radical (unpaired) electrons. The summed E-state index contributed by atoms with van der Waals surface area (Å²) >= 11 is 13.5. The van der Waals surface area contributed by atoms with Crippen LogP contribution in [0.3, 0.4) is 0 Å². The minimum absolute atomic E-state index is 0.0333. The van der Waals surface area contributed by atoms with Gasteiger partial charge in [0.15, 0.2) is 5.82 Å². The summed E-state index contributed by atoms with van der Waals surface area (Å²) in [6.07, 6.45) is 8.35. The van der Waals surface area contributed by atoms with Gasteiger partial charge in [-0.2, -0.15) is 9.97 Å². The number of likely N-dealkylation sites (N-methyl/N-ethyl adjacent to an activating group) is 1. The van der Waals surface area contributed by atoms with E-state index < -0.39 is 5.82 Å². The zero-order valence-electron chi connectivity index (χ0n) is 25.1. The summed E-state index contributed by atoms with van der Waals surface area (Å²) in [6.45, 7) is 4.40. The van der Waals surface area contributed by atoms with E-state index >= 15 is 4.39 Å². The minimum atomic E-state index is -0.559. The molecule has 3 aromatic rings. The van der Waals surface area contributed by atoms with Gasteiger partial charge in [-0.1, -0.05) is 23.2 Å². The van der Waals surface area contributed by atoms with Crippen LogP contribution in [-0.2, 0) is 4.74 Å². The molecule has 7 rings (SSSR count). The largest absolute Gasteiger partial charge is 0.508 e. The molecule has 4 aliphatic rings. The number of phenolic OH excluding ortho intramolecular Hbond substituents is 1. The quantitative estimate of drug-likeness (QED) is 0.255. The molecule has 236 valence electrons. The molecule has 2 aromatic carbocycles.